The first-order valence-corrected chi connectivity index (χ1v) is 4.00. The van der Waals surface area contributed by atoms with Crippen molar-refractivity contribution in [2.45, 2.75) is 19.9 Å². The van der Waals surface area contributed by atoms with E-state index in [1.807, 2.05) is 6.92 Å². The lowest BCUT2D eigenvalue weighted by atomic mass is 10.4. The molecule has 13 heavy (non-hydrogen) atoms. The molecule has 0 fully saturated rings. The van der Waals surface area contributed by atoms with Gasteiger partial charge in [0, 0.05) is 6.42 Å². The third kappa shape index (κ3) is 1.83. The molecule has 0 unspecified atom stereocenters. The highest BCUT2D eigenvalue weighted by Crippen LogP contribution is 2.13. The minimum absolute atomic E-state index is 0.0640. The summed E-state index contributed by atoms with van der Waals surface area (Å²) in [5.41, 5.74) is 0. The predicted molar refractivity (Wildman–Crippen MR) is 45.3 cm³/mol. The van der Waals surface area contributed by atoms with Gasteiger partial charge in [0.25, 0.3) is 0 Å². The minimum atomic E-state index is -0.498. The molecule has 6 heteroatoms. The lowest BCUT2D eigenvalue weighted by molar-refractivity contribution is -0.392. The first-order valence-electron chi connectivity index (χ1n) is 4.00. The minimum Gasteiger partial charge on any atom is -0.392 e. The molecule has 6 nitrogen and oxygen atoms in total. The van der Waals surface area contributed by atoms with Crippen molar-refractivity contribution in [3.05, 3.63) is 22.1 Å². The summed E-state index contributed by atoms with van der Waals surface area (Å²) in [5.74, 6) is 0.562. The topological polar surface area (TPSA) is 81.2 Å². The molecule has 1 heterocycles. The smallest absolute Gasteiger partial charge is 0.342 e. The Labute approximate surface area is 75.0 Å². The van der Waals surface area contributed by atoms with Crippen LogP contribution >= 0.6 is 0 Å². The molecule has 0 amide bonds. The molecule has 0 spiro atoms. The van der Waals surface area contributed by atoms with Crippen LogP contribution in [0.5, 0.6) is 0 Å². The van der Waals surface area contributed by atoms with Gasteiger partial charge in [-0.25, -0.2) is 9.55 Å². The molecule has 0 aromatic carbocycles. The summed E-state index contributed by atoms with van der Waals surface area (Å²) in [7, 11) is 0. The van der Waals surface area contributed by atoms with Crippen molar-refractivity contribution in [1.82, 2.24) is 9.55 Å². The molecule has 1 rings (SSSR count). The van der Waals surface area contributed by atoms with Gasteiger partial charge in [0.05, 0.1) is 6.61 Å². The second-order valence-corrected chi connectivity index (χ2v) is 2.52. The molecular weight excluding hydrogens is 174 g/mol. The summed E-state index contributed by atoms with van der Waals surface area (Å²) in [5, 5.41) is 19.2. The quantitative estimate of drug-likeness (QED) is 0.542. The van der Waals surface area contributed by atoms with Crippen LogP contribution in [0.25, 0.3) is 0 Å². The van der Waals surface area contributed by atoms with Crippen LogP contribution in [-0.2, 0) is 13.0 Å². The van der Waals surface area contributed by atoms with Gasteiger partial charge in [-0.05, 0) is 4.92 Å². The Hall–Kier alpha value is -1.43. The lowest BCUT2D eigenvalue weighted by Gasteiger charge is -2.00. The van der Waals surface area contributed by atoms with E-state index in [1.54, 1.807) is 0 Å². The number of imidazole rings is 1. The number of aryl methyl sites for hydroxylation is 1. The molecule has 1 aromatic heterocycles. The maximum atomic E-state index is 10.5. The number of aliphatic hydroxyl groups is 1. The van der Waals surface area contributed by atoms with Crippen LogP contribution in [-0.4, -0.2) is 26.2 Å². The zero-order valence-corrected chi connectivity index (χ0v) is 7.30. The molecule has 1 N–H and O–H groups in total. The van der Waals surface area contributed by atoms with Crippen molar-refractivity contribution in [3.63, 3.8) is 0 Å². The maximum absolute atomic E-state index is 10.5. The van der Waals surface area contributed by atoms with Crippen molar-refractivity contribution in [2.24, 2.45) is 0 Å². The highest BCUT2D eigenvalue weighted by molar-refractivity contribution is 5.19. The van der Waals surface area contributed by atoms with Gasteiger partial charge >= 0.3 is 5.82 Å². The molecule has 1 aromatic rings. The third-order valence-electron chi connectivity index (χ3n) is 1.74. The van der Waals surface area contributed by atoms with Gasteiger partial charge in [0.1, 0.15) is 12.7 Å². The predicted octanol–water partition coefficient (Wildman–Crippen LogP) is 0.346. The number of hydrogen-bond acceptors (Lipinski definition) is 4. The molecule has 0 aliphatic heterocycles. The lowest BCUT2D eigenvalue weighted by Crippen LogP contribution is -2.09. The first-order chi connectivity index (χ1) is 6.20. The Morgan fingerprint density at radius 1 is 1.77 bits per heavy atom. The summed E-state index contributed by atoms with van der Waals surface area (Å²) >= 11 is 0. The van der Waals surface area contributed by atoms with E-state index < -0.39 is 4.92 Å². The summed E-state index contributed by atoms with van der Waals surface area (Å²) in [6.07, 6.45) is 1.84. The van der Waals surface area contributed by atoms with E-state index in [1.165, 1.54) is 10.8 Å². The van der Waals surface area contributed by atoms with Crippen molar-refractivity contribution < 1.29 is 10.0 Å². The number of nitrogens with zero attached hydrogens (tertiary/aromatic N) is 3. The summed E-state index contributed by atoms with van der Waals surface area (Å²) < 4.78 is 1.42. The fraction of sp³-hybridized carbons (Fsp3) is 0.571. The van der Waals surface area contributed by atoms with E-state index in [9.17, 15) is 10.1 Å². The molecule has 0 saturated heterocycles. The molecule has 0 aliphatic carbocycles. The molecule has 0 aliphatic rings. The Bertz CT molecular complexity index is 308. The van der Waals surface area contributed by atoms with E-state index in [0.717, 1.165) is 0 Å². The van der Waals surface area contributed by atoms with Gasteiger partial charge in [-0.15, -0.1) is 0 Å². The number of aromatic nitrogens is 2. The van der Waals surface area contributed by atoms with Gasteiger partial charge in [-0.3, -0.25) is 0 Å². The maximum Gasteiger partial charge on any atom is 0.342 e. The number of rotatable bonds is 4. The summed E-state index contributed by atoms with van der Waals surface area (Å²) in [4.78, 5) is 13.9. The number of aliphatic hydroxyl groups excluding tert-OH is 1. The Morgan fingerprint density at radius 3 is 2.92 bits per heavy atom. The average molecular weight is 185 g/mol. The zero-order valence-electron chi connectivity index (χ0n) is 7.30. The van der Waals surface area contributed by atoms with Gasteiger partial charge < -0.3 is 15.2 Å². The largest absolute Gasteiger partial charge is 0.392 e. The monoisotopic (exact) mass is 185 g/mol. The van der Waals surface area contributed by atoms with E-state index >= 15 is 0 Å². The summed E-state index contributed by atoms with van der Waals surface area (Å²) in [6.45, 7) is 1.96. The molecule has 0 atom stereocenters. The second kappa shape index (κ2) is 3.99. The SMILES string of the molecule is CCc1ncc([N+](=O)[O-])n1CCO. The first kappa shape index (κ1) is 9.66. The van der Waals surface area contributed by atoms with Gasteiger partial charge in [0.15, 0.2) is 5.82 Å². The van der Waals surface area contributed by atoms with Crippen LogP contribution in [0.4, 0.5) is 5.82 Å². The Kier molecular flexibility index (Phi) is 2.97. The fourth-order valence-electron chi connectivity index (χ4n) is 1.18. The van der Waals surface area contributed by atoms with Crippen LogP contribution in [0.3, 0.4) is 0 Å². The molecular formula is C7H11N3O3. The second-order valence-electron chi connectivity index (χ2n) is 2.52. The van der Waals surface area contributed by atoms with Gasteiger partial charge in [-0.1, -0.05) is 6.92 Å². The highest BCUT2D eigenvalue weighted by atomic mass is 16.6. The van der Waals surface area contributed by atoms with Gasteiger partial charge in [-0.2, -0.15) is 0 Å². The van der Waals surface area contributed by atoms with Crippen molar-refractivity contribution in [3.8, 4) is 0 Å². The molecule has 0 bridgehead atoms. The molecule has 0 saturated carbocycles. The van der Waals surface area contributed by atoms with Crippen LogP contribution < -0.4 is 0 Å². The van der Waals surface area contributed by atoms with E-state index in [-0.39, 0.29) is 19.0 Å². The number of nitro groups is 1. The van der Waals surface area contributed by atoms with Crippen LogP contribution in [0.1, 0.15) is 12.7 Å². The third-order valence-corrected chi connectivity index (χ3v) is 1.74. The van der Waals surface area contributed by atoms with Crippen LogP contribution in [0.2, 0.25) is 0 Å². The average Bonchev–Trinajstić information content (AvgIpc) is 2.48. The fourth-order valence-corrected chi connectivity index (χ4v) is 1.18. The van der Waals surface area contributed by atoms with E-state index in [2.05, 4.69) is 4.98 Å². The zero-order chi connectivity index (χ0) is 9.84. The normalized spacial score (nSPS) is 10.3. The Balaban J connectivity index is 3.06. The molecule has 0 radical (unpaired) electrons. The van der Waals surface area contributed by atoms with Crippen molar-refractivity contribution >= 4 is 5.82 Å². The van der Waals surface area contributed by atoms with E-state index in [4.69, 9.17) is 5.11 Å². The summed E-state index contributed by atoms with van der Waals surface area (Å²) in [6, 6.07) is 0. The highest BCUT2D eigenvalue weighted by Gasteiger charge is 2.17. The van der Waals surface area contributed by atoms with Crippen LogP contribution in [0.15, 0.2) is 6.20 Å². The standard InChI is InChI=1S/C7H11N3O3/c1-2-6-8-5-7(10(12)13)9(6)3-4-11/h5,11H,2-4H2,1H3. The van der Waals surface area contributed by atoms with Crippen molar-refractivity contribution in [2.75, 3.05) is 6.61 Å². The van der Waals surface area contributed by atoms with Crippen molar-refractivity contribution in [1.29, 1.82) is 0 Å². The Morgan fingerprint density at radius 2 is 2.46 bits per heavy atom. The van der Waals surface area contributed by atoms with Crippen LogP contribution in [0, 0.1) is 10.1 Å². The van der Waals surface area contributed by atoms with Gasteiger partial charge in [0.2, 0.25) is 0 Å². The number of hydrogen-bond donors (Lipinski definition) is 1. The van der Waals surface area contributed by atoms with E-state index in [0.29, 0.717) is 12.2 Å². The molecule has 72 valence electrons.